The molecule has 1 atom stereocenters. The molecular weight excluding hydrogens is 301 g/mol. The van der Waals surface area contributed by atoms with Crippen LogP contribution in [0.15, 0.2) is 34.7 Å². The van der Waals surface area contributed by atoms with Crippen LogP contribution in [0, 0.1) is 6.92 Å². The third-order valence-electron chi connectivity index (χ3n) is 2.74. The first-order valence-electron chi connectivity index (χ1n) is 5.95. The average molecular weight is 314 g/mol. The number of benzene rings is 1. The number of aliphatic hydroxyl groups excluding tert-OH is 1. The van der Waals surface area contributed by atoms with Gasteiger partial charge in [0.05, 0.1) is 6.10 Å². The molecule has 106 valence electrons. The van der Waals surface area contributed by atoms with Gasteiger partial charge in [-0.3, -0.25) is 4.79 Å². The number of hydrogen-bond acceptors (Lipinski definition) is 3. The quantitative estimate of drug-likeness (QED) is 0.909. The molecule has 0 fully saturated rings. The van der Waals surface area contributed by atoms with Gasteiger partial charge in [0.25, 0.3) is 5.91 Å². The van der Waals surface area contributed by atoms with Crippen molar-refractivity contribution < 1.29 is 14.3 Å². The van der Waals surface area contributed by atoms with E-state index in [1.54, 1.807) is 37.3 Å². The Morgan fingerprint density at radius 2 is 2.10 bits per heavy atom. The minimum absolute atomic E-state index is 0.0277. The highest BCUT2D eigenvalue weighted by Gasteiger charge is 2.15. The van der Waals surface area contributed by atoms with Crippen LogP contribution in [0.3, 0.4) is 0 Å². The molecule has 4 nitrogen and oxygen atoms in total. The van der Waals surface area contributed by atoms with Crippen LogP contribution in [-0.2, 0) is 0 Å². The summed E-state index contributed by atoms with van der Waals surface area (Å²) in [5.74, 6) is 0.468. The van der Waals surface area contributed by atoms with E-state index in [0.29, 0.717) is 21.4 Å². The first kappa shape index (κ1) is 14.9. The van der Waals surface area contributed by atoms with Crippen LogP contribution < -0.4 is 5.32 Å². The molecule has 2 aromatic rings. The topological polar surface area (TPSA) is 62.5 Å². The number of carbonyl (C=O) groups excluding carboxylic acids is 1. The molecule has 0 spiro atoms. The molecule has 2 rings (SSSR count). The fourth-order valence-electron chi connectivity index (χ4n) is 1.71. The van der Waals surface area contributed by atoms with E-state index in [0.717, 1.165) is 0 Å². The highest BCUT2D eigenvalue weighted by Crippen LogP contribution is 2.25. The SMILES string of the molecule is Cc1ccc(C(=O)NC[C@@H](O)c2ccc(Cl)cc2Cl)o1. The zero-order valence-corrected chi connectivity index (χ0v) is 12.2. The monoisotopic (exact) mass is 313 g/mol. The van der Waals surface area contributed by atoms with Crippen molar-refractivity contribution in [2.45, 2.75) is 13.0 Å². The number of aryl methyl sites for hydroxylation is 1. The molecule has 2 N–H and O–H groups in total. The van der Waals surface area contributed by atoms with Crippen molar-refractivity contribution in [3.63, 3.8) is 0 Å². The number of hydrogen-bond donors (Lipinski definition) is 2. The maximum Gasteiger partial charge on any atom is 0.287 e. The summed E-state index contributed by atoms with van der Waals surface area (Å²) in [6.45, 7) is 1.78. The number of nitrogens with one attached hydrogen (secondary N) is 1. The number of carbonyl (C=O) groups is 1. The van der Waals surface area contributed by atoms with Crippen LogP contribution in [0.1, 0.15) is 28.0 Å². The number of rotatable bonds is 4. The highest BCUT2D eigenvalue weighted by molar-refractivity contribution is 6.35. The van der Waals surface area contributed by atoms with Crippen molar-refractivity contribution in [3.8, 4) is 0 Å². The molecule has 0 radical (unpaired) electrons. The van der Waals surface area contributed by atoms with E-state index in [1.165, 1.54) is 0 Å². The van der Waals surface area contributed by atoms with Crippen LogP contribution in [0.4, 0.5) is 0 Å². The van der Waals surface area contributed by atoms with E-state index in [-0.39, 0.29) is 18.2 Å². The van der Waals surface area contributed by atoms with Gasteiger partial charge in [0.1, 0.15) is 5.76 Å². The Balaban J connectivity index is 1.98. The zero-order valence-electron chi connectivity index (χ0n) is 10.7. The van der Waals surface area contributed by atoms with Gasteiger partial charge in [-0.05, 0) is 31.2 Å². The molecule has 0 aliphatic carbocycles. The Morgan fingerprint density at radius 3 is 2.70 bits per heavy atom. The second kappa shape index (κ2) is 6.31. The predicted molar refractivity (Wildman–Crippen MR) is 77.2 cm³/mol. The van der Waals surface area contributed by atoms with Crippen molar-refractivity contribution in [1.29, 1.82) is 0 Å². The Labute approximate surface area is 126 Å². The predicted octanol–water partition coefficient (Wildman–Crippen LogP) is 3.36. The molecule has 0 saturated carbocycles. The van der Waals surface area contributed by atoms with Crippen molar-refractivity contribution in [3.05, 3.63) is 57.5 Å². The number of furan rings is 1. The van der Waals surface area contributed by atoms with E-state index >= 15 is 0 Å². The molecule has 1 aromatic heterocycles. The lowest BCUT2D eigenvalue weighted by Crippen LogP contribution is -2.28. The van der Waals surface area contributed by atoms with Crippen LogP contribution in [0.2, 0.25) is 10.0 Å². The van der Waals surface area contributed by atoms with E-state index < -0.39 is 6.10 Å². The second-order valence-electron chi connectivity index (χ2n) is 4.30. The van der Waals surface area contributed by atoms with Crippen molar-refractivity contribution >= 4 is 29.1 Å². The summed E-state index contributed by atoms with van der Waals surface area (Å²) in [7, 11) is 0. The molecular formula is C14H13Cl2NO3. The lowest BCUT2D eigenvalue weighted by Gasteiger charge is -2.13. The van der Waals surface area contributed by atoms with Gasteiger partial charge < -0.3 is 14.8 Å². The summed E-state index contributed by atoms with van der Waals surface area (Å²) in [5.41, 5.74) is 0.506. The molecule has 0 aliphatic heterocycles. The highest BCUT2D eigenvalue weighted by atomic mass is 35.5. The van der Waals surface area contributed by atoms with Crippen LogP contribution in [-0.4, -0.2) is 17.6 Å². The molecule has 1 amide bonds. The van der Waals surface area contributed by atoms with Gasteiger partial charge in [-0.2, -0.15) is 0 Å². The normalized spacial score (nSPS) is 12.2. The van der Waals surface area contributed by atoms with Crippen molar-refractivity contribution in [2.24, 2.45) is 0 Å². The molecule has 0 aliphatic rings. The number of halogens is 2. The van der Waals surface area contributed by atoms with Gasteiger partial charge in [0.15, 0.2) is 5.76 Å². The van der Waals surface area contributed by atoms with Gasteiger partial charge in [-0.1, -0.05) is 29.3 Å². The van der Waals surface area contributed by atoms with E-state index in [4.69, 9.17) is 27.6 Å². The van der Waals surface area contributed by atoms with Crippen LogP contribution in [0.25, 0.3) is 0 Å². The Hall–Kier alpha value is -1.49. The van der Waals surface area contributed by atoms with Gasteiger partial charge in [-0.15, -0.1) is 0 Å². The first-order valence-corrected chi connectivity index (χ1v) is 6.70. The van der Waals surface area contributed by atoms with Gasteiger partial charge in [0, 0.05) is 22.2 Å². The van der Waals surface area contributed by atoms with E-state index in [2.05, 4.69) is 5.32 Å². The molecule has 0 unspecified atom stereocenters. The molecule has 0 saturated heterocycles. The maximum absolute atomic E-state index is 11.8. The standard InChI is InChI=1S/C14H13Cl2NO3/c1-8-2-5-13(20-8)14(19)17-7-12(18)10-4-3-9(15)6-11(10)16/h2-6,12,18H,7H2,1H3,(H,17,19)/t12-/m1/s1. The fourth-order valence-corrected chi connectivity index (χ4v) is 2.25. The summed E-state index contributed by atoms with van der Waals surface area (Å²) < 4.78 is 5.19. The molecule has 1 aromatic carbocycles. The zero-order chi connectivity index (χ0) is 14.7. The van der Waals surface area contributed by atoms with Crippen molar-refractivity contribution in [2.75, 3.05) is 6.54 Å². The maximum atomic E-state index is 11.8. The summed E-state index contributed by atoms with van der Waals surface area (Å²) in [5, 5.41) is 13.4. The largest absolute Gasteiger partial charge is 0.456 e. The minimum Gasteiger partial charge on any atom is -0.456 e. The Bertz CT molecular complexity index is 625. The molecule has 0 bridgehead atoms. The summed E-state index contributed by atoms with van der Waals surface area (Å²) in [4.78, 5) is 11.8. The third-order valence-corrected chi connectivity index (χ3v) is 3.30. The Morgan fingerprint density at radius 1 is 1.35 bits per heavy atom. The molecule has 20 heavy (non-hydrogen) atoms. The summed E-state index contributed by atoms with van der Waals surface area (Å²) >= 11 is 11.8. The molecule has 1 heterocycles. The second-order valence-corrected chi connectivity index (χ2v) is 5.15. The summed E-state index contributed by atoms with van der Waals surface area (Å²) in [6.07, 6.45) is -0.917. The lowest BCUT2D eigenvalue weighted by molar-refractivity contribution is 0.0888. The van der Waals surface area contributed by atoms with Gasteiger partial charge in [0.2, 0.25) is 0 Å². The Kier molecular flexibility index (Phi) is 4.70. The fraction of sp³-hybridized carbons (Fsp3) is 0.214. The average Bonchev–Trinajstić information content (AvgIpc) is 2.82. The first-order chi connectivity index (χ1) is 9.47. The van der Waals surface area contributed by atoms with Crippen LogP contribution in [0.5, 0.6) is 0 Å². The number of amides is 1. The lowest BCUT2D eigenvalue weighted by atomic mass is 10.1. The minimum atomic E-state index is -0.917. The van der Waals surface area contributed by atoms with E-state index in [1.807, 2.05) is 0 Å². The van der Waals surface area contributed by atoms with Gasteiger partial charge in [-0.25, -0.2) is 0 Å². The van der Waals surface area contributed by atoms with Crippen molar-refractivity contribution in [1.82, 2.24) is 5.32 Å². The third kappa shape index (κ3) is 3.54. The summed E-state index contributed by atoms with van der Waals surface area (Å²) in [6, 6.07) is 8.06. The van der Waals surface area contributed by atoms with E-state index in [9.17, 15) is 9.90 Å². The van der Waals surface area contributed by atoms with Gasteiger partial charge >= 0.3 is 0 Å². The number of aliphatic hydroxyl groups is 1. The molecule has 6 heteroatoms. The smallest absolute Gasteiger partial charge is 0.287 e. The van der Waals surface area contributed by atoms with Crippen LogP contribution >= 0.6 is 23.2 Å².